The summed E-state index contributed by atoms with van der Waals surface area (Å²) in [6.07, 6.45) is 4.94. The van der Waals surface area contributed by atoms with E-state index in [-0.39, 0.29) is 0 Å². The quantitative estimate of drug-likeness (QED) is 0.775. The first-order valence-corrected chi connectivity index (χ1v) is 6.14. The largest absolute Gasteiger partial charge is 0.370 e. The van der Waals surface area contributed by atoms with E-state index < -0.39 is 0 Å². The molecule has 5 nitrogen and oxygen atoms in total. The fraction of sp³-hybridized carbons (Fsp3) is 0.143. The van der Waals surface area contributed by atoms with Crippen LogP contribution < -0.4 is 5.32 Å². The van der Waals surface area contributed by atoms with Crippen molar-refractivity contribution in [2.75, 3.05) is 11.9 Å². The average Bonchev–Trinajstić information content (AvgIpc) is 2.47. The van der Waals surface area contributed by atoms with E-state index in [0.29, 0.717) is 0 Å². The molecule has 0 bridgehead atoms. The molecule has 0 fully saturated rings. The third kappa shape index (κ3) is 2.35. The highest BCUT2D eigenvalue weighted by Crippen LogP contribution is 2.21. The number of benzene rings is 1. The fourth-order valence-corrected chi connectivity index (χ4v) is 1.92. The summed E-state index contributed by atoms with van der Waals surface area (Å²) in [7, 11) is 0. The van der Waals surface area contributed by atoms with Gasteiger partial charge in [0.2, 0.25) is 0 Å². The van der Waals surface area contributed by atoms with Crippen LogP contribution in [-0.4, -0.2) is 26.5 Å². The van der Waals surface area contributed by atoms with Crippen LogP contribution in [0.15, 0.2) is 43.0 Å². The van der Waals surface area contributed by atoms with Crippen LogP contribution in [0, 0.1) is 0 Å². The lowest BCUT2D eigenvalue weighted by atomic mass is 10.1. The van der Waals surface area contributed by atoms with E-state index in [1.54, 1.807) is 18.7 Å². The molecule has 0 aliphatic rings. The molecule has 0 atom stereocenters. The van der Waals surface area contributed by atoms with Gasteiger partial charge < -0.3 is 5.32 Å². The maximum absolute atomic E-state index is 4.30. The molecule has 2 heterocycles. The molecule has 0 aliphatic carbocycles. The predicted molar refractivity (Wildman–Crippen MR) is 74.7 cm³/mol. The molecule has 0 radical (unpaired) electrons. The number of aromatic nitrogens is 4. The van der Waals surface area contributed by atoms with Crippen molar-refractivity contribution < 1.29 is 0 Å². The Bertz CT molecular complexity index is 711. The van der Waals surface area contributed by atoms with Gasteiger partial charge in [0.1, 0.15) is 12.1 Å². The number of rotatable bonds is 3. The number of hydrogen-bond acceptors (Lipinski definition) is 5. The normalized spacial score (nSPS) is 10.6. The Labute approximate surface area is 110 Å². The van der Waals surface area contributed by atoms with Crippen molar-refractivity contribution in [1.29, 1.82) is 0 Å². The van der Waals surface area contributed by atoms with Crippen LogP contribution in [0.25, 0.3) is 22.3 Å². The van der Waals surface area contributed by atoms with E-state index in [1.807, 2.05) is 31.2 Å². The fourth-order valence-electron chi connectivity index (χ4n) is 1.92. The van der Waals surface area contributed by atoms with Gasteiger partial charge in [0.25, 0.3) is 0 Å². The van der Waals surface area contributed by atoms with Crippen LogP contribution in [0.4, 0.5) is 5.82 Å². The minimum atomic E-state index is 0.826. The highest BCUT2D eigenvalue weighted by molar-refractivity contribution is 5.80. The van der Waals surface area contributed by atoms with E-state index >= 15 is 0 Å². The second kappa shape index (κ2) is 4.97. The van der Waals surface area contributed by atoms with Crippen molar-refractivity contribution in [2.24, 2.45) is 0 Å². The summed E-state index contributed by atoms with van der Waals surface area (Å²) in [6.45, 7) is 2.87. The molecule has 0 unspecified atom stereocenters. The van der Waals surface area contributed by atoms with Crippen LogP contribution in [0.2, 0.25) is 0 Å². The lowest BCUT2D eigenvalue weighted by molar-refractivity contribution is 1.11. The molecular weight excluding hydrogens is 238 g/mol. The minimum Gasteiger partial charge on any atom is -0.370 e. The molecule has 19 heavy (non-hydrogen) atoms. The summed E-state index contributed by atoms with van der Waals surface area (Å²) < 4.78 is 0. The number of nitrogens with one attached hydrogen (secondary N) is 1. The summed E-state index contributed by atoms with van der Waals surface area (Å²) in [4.78, 5) is 17.0. The molecule has 0 saturated carbocycles. The van der Waals surface area contributed by atoms with Gasteiger partial charge in [-0.15, -0.1) is 0 Å². The van der Waals surface area contributed by atoms with Gasteiger partial charge in [0.15, 0.2) is 0 Å². The molecule has 0 amide bonds. The Kier molecular flexibility index (Phi) is 3.02. The van der Waals surface area contributed by atoms with Crippen LogP contribution in [-0.2, 0) is 0 Å². The monoisotopic (exact) mass is 251 g/mol. The highest BCUT2D eigenvalue weighted by atomic mass is 15.0. The summed E-state index contributed by atoms with van der Waals surface area (Å²) in [5.74, 6) is 0.826. The second-order valence-electron chi connectivity index (χ2n) is 4.08. The van der Waals surface area contributed by atoms with Gasteiger partial charge in [0, 0.05) is 30.6 Å². The molecule has 1 aromatic carbocycles. The molecule has 2 aromatic heterocycles. The van der Waals surface area contributed by atoms with Crippen molar-refractivity contribution in [2.45, 2.75) is 6.92 Å². The van der Waals surface area contributed by atoms with Gasteiger partial charge in [0.05, 0.1) is 16.7 Å². The van der Waals surface area contributed by atoms with E-state index in [4.69, 9.17) is 0 Å². The van der Waals surface area contributed by atoms with Gasteiger partial charge in [-0.3, -0.25) is 9.97 Å². The smallest absolute Gasteiger partial charge is 0.129 e. The van der Waals surface area contributed by atoms with Crippen molar-refractivity contribution in [3.63, 3.8) is 0 Å². The zero-order chi connectivity index (χ0) is 13.1. The molecule has 0 aliphatic heterocycles. The molecule has 0 saturated heterocycles. The SMILES string of the molecule is CCNc1cc(-c2ccc3nccnc3c2)ncn1. The Morgan fingerprint density at radius 3 is 2.63 bits per heavy atom. The number of anilines is 1. The van der Waals surface area contributed by atoms with Gasteiger partial charge in [-0.25, -0.2) is 9.97 Å². The average molecular weight is 251 g/mol. The Balaban J connectivity index is 2.05. The molecule has 5 heteroatoms. The first-order valence-electron chi connectivity index (χ1n) is 6.14. The maximum Gasteiger partial charge on any atom is 0.129 e. The predicted octanol–water partition coefficient (Wildman–Crippen LogP) is 2.52. The van der Waals surface area contributed by atoms with Crippen molar-refractivity contribution in [1.82, 2.24) is 19.9 Å². The maximum atomic E-state index is 4.30. The zero-order valence-corrected chi connectivity index (χ0v) is 10.5. The third-order valence-corrected chi connectivity index (χ3v) is 2.79. The Morgan fingerprint density at radius 2 is 1.79 bits per heavy atom. The molecule has 3 rings (SSSR count). The Hall–Kier alpha value is -2.56. The van der Waals surface area contributed by atoms with Crippen molar-refractivity contribution in [3.8, 4) is 11.3 Å². The third-order valence-electron chi connectivity index (χ3n) is 2.79. The molecule has 3 aromatic rings. The zero-order valence-electron chi connectivity index (χ0n) is 10.5. The van der Waals surface area contributed by atoms with Gasteiger partial charge in [-0.1, -0.05) is 6.07 Å². The lowest BCUT2D eigenvalue weighted by Gasteiger charge is -2.05. The molecule has 1 N–H and O–H groups in total. The summed E-state index contributed by atoms with van der Waals surface area (Å²) >= 11 is 0. The van der Waals surface area contributed by atoms with Crippen molar-refractivity contribution >= 4 is 16.9 Å². The van der Waals surface area contributed by atoms with E-state index in [1.165, 1.54) is 0 Å². The number of fused-ring (bicyclic) bond motifs is 1. The first kappa shape index (κ1) is 11.5. The summed E-state index contributed by atoms with van der Waals surface area (Å²) in [5, 5.41) is 3.18. The lowest BCUT2D eigenvalue weighted by Crippen LogP contribution is -1.99. The minimum absolute atomic E-state index is 0.826. The van der Waals surface area contributed by atoms with E-state index in [2.05, 4.69) is 25.3 Å². The summed E-state index contributed by atoms with van der Waals surface area (Å²) in [6, 6.07) is 7.86. The summed E-state index contributed by atoms with van der Waals surface area (Å²) in [5.41, 5.74) is 3.63. The topological polar surface area (TPSA) is 63.6 Å². The van der Waals surface area contributed by atoms with Gasteiger partial charge >= 0.3 is 0 Å². The standard InChI is InChI=1S/C14H13N5/c1-2-15-14-8-12(18-9-19-14)10-3-4-11-13(7-10)17-6-5-16-11/h3-9H,2H2,1H3,(H,15,18,19). The number of hydrogen-bond donors (Lipinski definition) is 1. The second-order valence-corrected chi connectivity index (χ2v) is 4.08. The highest BCUT2D eigenvalue weighted by Gasteiger charge is 2.03. The molecular formula is C14H13N5. The van der Waals surface area contributed by atoms with Crippen LogP contribution >= 0.6 is 0 Å². The van der Waals surface area contributed by atoms with E-state index in [9.17, 15) is 0 Å². The van der Waals surface area contributed by atoms with Crippen LogP contribution in [0.3, 0.4) is 0 Å². The van der Waals surface area contributed by atoms with Crippen LogP contribution in [0.5, 0.6) is 0 Å². The number of nitrogens with zero attached hydrogens (tertiary/aromatic N) is 4. The molecule has 0 spiro atoms. The van der Waals surface area contributed by atoms with Gasteiger partial charge in [-0.05, 0) is 19.1 Å². The van der Waals surface area contributed by atoms with Crippen LogP contribution in [0.1, 0.15) is 6.92 Å². The first-order chi connectivity index (χ1) is 9.36. The van der Waals surface area contributed by atoms with E-state index in [0.717, 1.165) is 34.7 Å². The van der Waals surface area contributed by atoms with Crippen molar-refractivity contribution in [3.05, 3.63) is 43.0 Å². The molecule has 94 valence electrons. The Morgan fingerprint density at radius 1 is 0.947 bits per heavy atom. The van der Waals surface area contributed by atoms with Gasteiger partial charge in [-0.2, -0.15) is 0 Å².